The molecule has 0 unspecified atom stereocenters. The first-order valence-corrected chi connectivity index (χ1v) is 7.30. The molecule has 0 amide bonds. The molecule has 0 aromatic carbocycles. The van der Waals surface area contributed by atoms with Crippen LogP contribution in [0, 0.1) is 0 Å². The standard InChI is InChI=1S/2C2Cl6.H2O/c2*3-1(4,5)2(6,7)8;/h;;1H2. The fourth-order valence-electron chi connectivity index (χ4n) is 0. The molecule has 0 bridgehead atoms. The summed E-state index contributed by atoms with van der Waals surface area (Å²) in [5.74, 6) is 0. The first kappa shape index (κ1) is 25.4. The van der Waals surface area contributed by atoms with Crippen molar-refractivity contribution < 1.29 is 5.48 Å². The number of hydrogen-bond acceptors (Lipinski definition) is 0. The normalized spacial score (nSPS) is 13.4. The highest BCUT2D eigenvalue weighted by molar-refractivity contribution is 6.84. The van der Waals surface area contributed by atoms with Gasteiger partial charge >= 0.3 is 0 Å². The summed E-state index contributed by atoms with van der Waals surface area (Å²) < 4.78 is -7.40. The summed E-state index contributed by atoms with van der Waals surface area (Å²) in [6.07, 6.45) is 0. The van der Waals surface area contributed by atoms with Gasteiger partial charge in [0.05, 0.1) is 0 Å². The van der Waals surface area contributed by atoms with Gasteiger partial charge in [0.15, 0.2) is 0 Å². The van der Waals surface area contributed by atoms with Crippen LogP contribution in [-0.4, -0.2) is 20.6 Å². The van der Waals surface area contributed by atoms with Gasteiger partial charge in [-0.15, -0.1) is 0 Å². The lowest BCUT2D eigenvalue weighted by Crippen LogP contribution is -2.23. The maximum Gasteiger partial charge on any atom is 0.236 e. The van der Waals surface area contributed by atoms with Crippen LogP contribution in [0.25, 0.3) is 0 Å². The van der Waals surface area contributed by atoms with Gasteiger partial charge in [-0.2, -0.15) is 0 Å². The van der Waals surface area contributed by atoms with Gasteiger partial charge in [-0.1, -0.05) is 139 Å². The molecule has 0 heterocycles. The predicted molar refractivity (Wildman–Crippen MR) is 84.8 cm³/mol. The second-order valence-corrected chi connectivity index (χ2v) is 11.1. The Morgan fingerprint density at radius 2 is 0.353 bits per heavy atom. The van der Waals surface area contributed by atoms with E-state index in [9.17, 15) is 0 Å². The third-order valence-corrected chi connectivity index (χ3v) is 5.79. The lowest BCUT2D eigenvalue weighted by atomic mass is 10.9. The van der Waals surface area contributed by atoms with Crippen LogP contribution in [0.5, 0.6) is 0 Å². The van der Waals surface area contributed by atoms with Crippen molar-refractivity contribution in [3.05, 3.63) is 0 Å². The molecule has 108 valence electrons. The first-order chi connectivity index (χ1) is 6.50. The molecular formula is C4H2Cl12O. The monoisotopic (exact) mass is 486 g/mol. The van der Waals surface area contributed by atoms with Crippen LogP contribution >= 0.6 is 139 Å². The van der Waals surface area contributed by atoms with Gasteiger partial charge in [0.2, 0.25) is 15.2 Å². The largest absolute Gasteiger partial charge is 0.412 e. The lowest BCUT2D eigenvalue weighted by Gasteiger charge is -2.19. The van der Waals surface area contributed by atoms with E-state index >= 15 is 0 Å². The Balaban J connectivity index is -0.000000218. The molecular weight excluding hydrogens is 489 g/mol. The van der Waals surface area contributed by atoms with Crippen molar-refractivity contribution in [1.82, 2.24) is 0 Å². The van der Waals surface area contributed by atoms with Crippen LogP contribution in [0.15, 0.2) is 0 Å². The fourth-order valence-corrected chi connectivity index (χ4v) is 0. The molecule has 0 spiro atoms. The molecule has 0 aromatic rings. The zero-order chi connectivity index (χ0) is 14.0. The van der Waals surface area contributed by atoms with Gasteiger partial charge in [-0.05, 0) is 0 Å². The van der Waals surface area contributed by atoms with Gasteiger partial charge in [0.25, 0.3) is 0 Å². The minimum atomic E-state index is -1.85. The molecule has 0 aliphatic carbocycles. The van der Waals surface area contributed by atoms with E-state index < -0.39 is 15.2 Å². The topological polar surface area (TPSA) is 31.5 Å². The smallest absolute Gasteiger partial charge is 0.236 e. The second kappa shape index (κ2) is 8.78. The Hall–Kier alpha value is 3.44. The molecule has 13 heteroatoms. The molecule has 0 saturated heterocycles. The second-order valence-electron chi connectivity index (χ2n) is 1.99. The number of halogens is 12. The van der Waals surface area contributed by atoms with E-state index in [1.165, 1.54) is 0 Å². The van der Waals surface area contributed by atoms with E-state index in [0.29, 0.717) is 0 Å². The van der Waals surface area contributed by atoms with Crippen LogP contribution in [-0.2, 0) is 0 Å². The quantitative estimate of drug-likeness (QED) is 0.341. The molecule has 0 aliphatic rings. The van der Waals surface area contributed by atoms with E-state index in [1.807, 2.05) is 0 Å². The molecule has 0 saturated carbocycles. The predicted octanol–water partition coefficient (Wildman–Crippen LogP) is 6.63. The van der Waals surface area contributed by atoms with Crippen LogP contribution in [0.4, 0.5) is 0 Å². The SMILES string of the molecule is ClC(Cl)(Cl)C(Cl)(Cl)Cl.ClC(Cl)(Cl)C(Cl)(Cl)Cl.O. The van der Waals surface area contributed by atoms with Gasteiger partial charge in [0.1, 0.15) is 0 Å². The zero-order valence-corrected chi connectivity index (χ0v) is 16.1. The van der Waals surface area contributed by atoms with Crippen molar-refractivity contribution in [3.63, 3.8) is 0 Å². The Morgan fingerprint density at radius 1 is 0.294 bits per heavy atom. The molecule has 1 nitrogen and oxygen atoms in total. The van der Waals surface area contributed by atoms with Crippen LogP contribution < -0.4 is 0 Å². The number of rotatable bonds is 0. The van der Waals surface area contributed by atoms with Crippen LogP contribution in [0.3, 0.4) is 0 Å². The van der Waals surface area contributed by atoms with Crippen LogP contribution in [0.1, 0.15) is 0 Å². The average molecular weight is 491 g/mol. The summed E-state index contributed by atoms with van der Waals surface area (Å²) in [6, 6.07) is 0. The Morgan fingerprint density at radius 3 is 0.353 bits per heavy atom. The Labute approximate surface area is 158 Å². The maximum absolute atomic E-state index is 5.14. The first-order valence-electron chi connectivity index (χ1n) is 2.77. The number of alkyl halides is 12. The lowest BCUT2D eigenvalue weighted by molar-refractivity contribution is 0.824. The summed E-state index contributed by atoms with van der Waals surface area (Å²) in [5, 5.41) is 0. The Kier molecular flexibility index (Phi) is 13.1. The third-order valence-electron chi connectivity index (χ3n) is 0.643. The third kappa shape index (κ3) is 12.9. The van der Waals surface area contributed by atoms with Crippen molar-refractivity contribution in [3.8, 4) is 0 Å². The highest BCUT2D eigenvalue weighted by Gasteiger charge is 2.44. The van der Waals surface area contributed by atoms with Crippen LogP contribution in [0.2, 0.25) is 0 Å². The maximum atomic E-state index is 5.14. The molecule has 0 aromatic heterocycles. The zero-order valence-electron chi connectivity index (χ0n) is 7.04. The molecule has 0 radical (unpaired) electrons. The minimum Gasteiger partial charge on any atom is -0.412 e. The highest BCUT2D eigenvalue weighted by Crippen LogP contribution is 2.49. The molecule has 17 heavy (non-hydrogen) atoms. The van der Waals surface area contributed by atoms with E-state index in [-0.39, 0.29) is 5.48 Å². The van der Waals surface area contributed by atoms with Gasteiger partial charge in [0, 0.05) is 0 Å². The van der Waals surface area contributed by atoms with E-state index in [2.05, 4.69) is 0 Å². The minimum absolute atomic E-state index is 0. The van der Waals surface area contributed by atoms with Gasteiger partial charge in [-0.25, -0.2) is 0 Å². The van der Waals surface area contributed by atoms with Gasteiger partial charge in [-0.3, -0.25) is 0 Å². The molecule has 0 rings (SSSR count). The molecule has 2 N–H and O–H groups in total. The molecule has 0 aliphatic heterocycles. The molecule has 0 fully saturated rings. The van der Waals surface area contributed by atoms with Crippen molar-refractivity contribution in [2.75, 3.05) is 0 Å². The summed E-state index contributed by atoms with van der Waals surface area (Å²) in [6.45, 7) is 0. The summed E-state index contributed by atoms with van der Waals surface area (Å²) in [4.78, 5) is 0. The van der Waals surface area contributed by atoms with Gasteiger partial charge < -0.3 is 5.48 Å². The van der Waals surface area contributed by atoms with Crippen molar-refractivity contribution in [1.29, 1.82) is 0 Å². The Bertz CT molecular complexity index is 153. The van der Waals surface area contributed by atoms with Crippen molar-refractivity contribution in [2.24, 2.45) is 0 Å². The summed E-state index contributed by atoms with van der Waals surface area (Å²) in [7, 11) is 0. The van der Waals surface area contributed by atoms with E-state index in [4.69, 9.17) is 139 Å². The molecule has 0 atom stereocenters. The fraction of sp³-hybridized carbons (Fsp3) is 1.00. The summed E-state index contributed by atoms with van der Waals surface area (Å²) in [5.41, 5.74) is 0. The summed E-state index contributed by atoms with van der Waals surface area (Å²) >= 11 is 61.7. The highest BCUT2D eigenvalue weighted by atomic mass is 35.6. The van der Waals surface area contributed by atoms with Crippen molar-refractivity contribution >= 4 is 139 Å². The average Bonchev–Trinajstić information content (AvgIpc) is 1.77. The van der Waals surface area contributed by atoms with E-state index in [0.717, 1.165) is 0 Å². The van der Waals surface area contributed by atoms with Crippen molar-refractivity contribution in [2.45, 2.75) is 15.2 Å². The number of hydrogen-bond donors (Lipinski definition) is 0. The van der Waals surface area contributed by atoms with E-state index in [1.54, 1.807) is 0 Å².